The SMILES string of the molecule is CC1(C)CCC(Oc2ncc(Cl)cc2F)CC1. The summed E-state index contributed by atoms with van der Waals surface area (Å²) < 4.78 is 19.1. The molecule has 0 N–H and O–H groups in total. The first kappa shape index (κ1) is 12.6. The molecule has 17 heavy (non-hydrogen) atoms. The van der Waals surface area contributed by atoms with Gasteiger partial charge in [0.1, 0.15) is 6.10 Å². The molecule has 0 aromatic carbocycles. The van der Waals surface area contributed by atoms with Gasteiger partial charge in [0.25, 0.3) is 5.88 Å². The van der Waals surface area contributed by atoms with Crippen LogP contribution in [0.4, 0.5) is 4.39 Å². The molecule has 1 aromatic heterocycles. The van der Waals surface area contributed by atoms with Crippen LogP contribution in [-0.4, -0.2) is 11.1 Å². The van der Waals surface area contributed by atoms with Crippen LogP contribution in [0.15, 0.2) is 12.3 Å². The quantitative estimate of drug-likeness (QED) is 0.791. The van der Waals surface area contributed by atoms with Gasteiger partial charge in [-0.05, 0) is 37.2 Å². The molecule has 0 radical (unpaired) electrons. The molecule has 1 aliphatic rings. The molecule has 0 saturated heterocycles. The summed E-state index contributed by atoms with van der Waals surface area (Å²) in [7, 11) is 0. The Kier molecular flexibility index (Phi) is 3.57. The van der Waals surface area contributed by atoms with Gasteiger partial charge in [0.05, 0.1) is 5.02 Å². The molecule has 4 heteroatoms. The third-order valence-electron chi connectivity index (χ3n) is 3.34. The number of pyridine rings is 1. The molecule has 0 spiro atoms. The molecule has 2 rings (SSSR count). The Bertz CT molecular complexity index is 398. The molecular formula is C13H17ClFNO. The van der Waals surface area contributed by atoms with Gasteiger partial charge in [-0.2, -0.15) is 0 Å². The molecule has 1 aliphatic carbocycles. The standard InChI is InChI=1S/C13H17ClFNO/c1-13(2)5-3-10(4-6-13)17-12-11(15)7-9(14)8-16-12/h7-8,10H,3-6H2,1-2H3. The van der Waals surface area contributed by atoms with E-state index in [0.717, 1.165) is 25.7 Å². The Morgan fingerprint density at radius 2 is 2.06 bits per heavy atom. The lowest BCUT2D eigenvalue weighted by molar-refractivity contribution is 0.0910. The van der Waals surface area contributed by atoms with Crippen molar-refractivity contribution in [3.8, 4) is 5.88 Å². The monoisotopic (exact) mass is 257 g/mol. The van der Waals surface area contributed by atoms with Gasteiger partial charge < -0.3 is 4.74 Å². The minimum absolute atomic E-state index is 0.0686. The number of halogens is 2. The molecule has 1 aromatic rings. The zero-order valence-electron chi connectivity index (χ0n) is 10.2. The largest absolute Gasteiger partial charge is 0.472 e. The molecule has 0 aliphatic heterocycles. The van der Waals surface area contributed by atoms with Crippen molar-refractivity contribution in [3.05, 3.63) is 23.1 Å². The van der Waals surface area contributed by atoms with Crippen molar-refractivity contribution in [3.63, 3.8) is 0 Å². The first-order chi connectivity index (χ1) is 7.96. The molecule has 1 heterocycles. The number of hydrogen-bond acceptors (Lipinski definition) is 2. The van der Waals surface area contributed by atoms with Gasteiger partial charge in [-0.25, -0.2) is 9.37 Å². The van der Waals surface area contributed by atoms with E-state index in [1.807, 2.05) is 0 Å². The summed E-state index contributed by atoms with van der Waals surface area (Å²) in [5.74, 6) is -0.415. The zero-order chi connectivity index (χ0) is 12.5. The van der Waals surface area contributed by atoms with Gasteiger partial charge in [-0.3, -0.25) is 0 Å². The summed E-state index contributed by atoms with van der Waals surface area (Å²) in [6, 6.07) is 1.23. The fourth-order valence-corrected chi connectivity index (χ4v) is 2.28. The summed E-state index contributed by atoms with van der Waals surface area (Å²) in [6.07, 6.45) is 5.60. The second kappa shape index (κ2) is 4.81. The Morgan fingerprint density at radius 1 is 1.41 bits per heavy atom. The Balaban J connectivity index is 1.98. The van der Waals surface area contributed by atoms with Crippen LogP contribution in [0.2, 0.25) is 5.02 Å². The van der Waals surface area contributed by atoms with Crippen molar-refractivity contribution in [1.82, 2.24) is 4.98 Å². The van der Waals surface area contributed by atoms with Crippen molar-refractivity contribution in [1.29, 1.82) is 0 Å². The average molecular weight is 258 g/mol. The summed E-state index contributed by atoms with van der Waals surface area (Å²) in [6.45, 7) is 4.51. The molecular weight excluding hydrogens is 241 g/mol. The number of hydrogen-bond donors (Lipinski definition) is 0. The van der Waals surface area contributed by atoms with Crippen molar-refractivity contribution < 1.29 is 9.13 Å². The summed E-state index contributed by atoms with van der Waals surface area (Å²) in [5.41, 5.74) is 0.381. The normalized spacial score (nSPS) is 20.2. The second-order valence-electron chi connectivity index (χ2n) is 5.42. The van der Waals surface area contributed by atoms with Gasteiger partial charge in [0.2, 0.25) is 0 Å². The smallest absolute Gasteiger partial charge is 0.250 e. The van der Waals surface area contributed by atoms with Crippen LogP contribution in [0.1, 0.15) is 39.5 Å². The van der Waals surface area contributed by atoms with Gasteiger partial charge in [-0.1, -0.05) is 25.4 Å². The van der Waals surface area contributed by atoms with Crippen LogP contribution in [0.5, 0.6) is 5.88 Å². The third kappa shape index (κ3) is 3.32. The van der Waals surface area contributed by atoms with E-state index in [1.54, 1.807) is 0 Å². The van der Waals surface area contributed by atoms with Crippen LogP contribution >= 0.6 is 11.6 Å². The lowest BCUT2D eigenvalue weighted by atomic mass is 9.76. The van der Waals surface area contributed by atoms with Gasteiger partial charge >= 0.3 is 0 Å². The minimum atomic E-state index is -0.484. The van der Waals surface area contributed by atoms with Gasteiger partial charge in [0, 0.05) is 6.20 Å². The second-order valence-corrected chi connectivity index (χ2v) is 5.86. The lowest BCUT2D eigenvalue weighted by Gasteiger charge is -2.34. The van der Waals surface area contributed by atoms with Crippen molar-refractivity contribution in [2.45, 2.75) is 45.6 Å². The van der Waals surface area contributed by atoms with E-state index < -0.39 is 5.82 Å². The van der Waals surface area contributed by atoms with Crippen molar-refractivity contribution >= 4 is 11.6 Å². The van der Waals surface area contributed by atoms with Crippen molar-refractivity contribution in [2.24, 2.45) is 5.41 Å². The minimum Gasteiger partial charge on any atom is -0.472 e. The number of ether oxygens (including phenoxy) is 1. The summed E-state index contributed by atoms with van der Waals surface area (Å²) >= 11 is 5.64. The van der Waals surface area contributed by atoms with Crippen LogP contribution in [-0.2, 0) is 0 Å². The Morgan fingerprint density at radius 3 is 2.65 bits per heavy atom. The Hall–Kier alpha value is -0.830. The van der Waals surface area contributed by atoms with Gasteiger partial charge in [-0.15, -0.1) is 0 Å². The number of nitrogens with zero attached hydrogens (tertiary/aromatic N) is 1. The zero-order valence-corrected chi connectivity index (χ0v) is 10.9. The van der Waals surface area contributed by atoms with E-state index in [1.165, 1.54) is 12.3 Å². The maximum Gasteiger partial charge on any atom is 0.250 e. The topological polar surface area (TPSA) is 22.1 Å². The highest BCUT2D eigenvalue weighted by molar-refractivity contribution is 6.30. The predicted molar refractivity (Wildman–Crippen MR) is 65.9 cm³/mol. The Labute approximate surface area is 106 Å². The van der Waals surface area contributed by atoms with Crippen LogP contribution in [0, 0.1) is 11.2 Å². The molecule has 1 fully saturated rings. The average Bonchev–Trinajstić information content (AvgIpc) is 2.25. The summed E-state index contributed by atoms with van der Waals surface area (Å²) in [5, 5.41) is 0.291. The van der Waals surface area contributed by atoms with E-state index in [0.29, 0.717) is 10.4 Å². The van der Waals surface area contributed by atoms with E-state index in [9.17, 15) is 4.39 Å². The highest BCUT2D eigenvalue weighted by Crippen LogP contribution is 2.36. The van der Waals surface area contributed by atoms with Crippen LogP contribution in [0.25, 0.3) is 0 Å². The first-order valence-corrected chi connectivity index (χ1v) is 6.32. The molecule has 0 amide bonds. The highest BCUT2D eigenvalue weighted by Gasteiger charge is 2.28. The maximum atomic E-state index is 13.5. The molecule has 1 saturated carbocycles. The van der Waals surface area contributed by atoms with Crippen LogP contribution < -0.4 is 4.74 Å². The molecule has 94 valence electrons. The fraction of sp³-hybridized carbons (Fsp3) is 0.615. The lowest BCUT2D eigenvalue weighted by Crippen LogP contribution is -2.28. The predicted octanol–water partition coefficient (Wildman–Crippen LogP) is 4.22. The molecule has 0 bridgehead atoms. The maximum absolute atomic E-state index is 13.5. The van der Waals surface area contributed by atoms with Gasteiger partial charge in [0.15, 0.2) is 5.82 Å². The fourth-order valence-electron chi connectivity index (χ4n) is 2.14. The summed E-state index contributed by atoms with van der Waals surface area (Å²) in [4.78, 5) is 3.88. The number of rotatable bonds is 2. The van der Waals surface area contributed by atoms with E-state index >= 15 is 0 Å². The molecule has 2 nitrogen and oxygen atoms in total. The first-order valence-electron chi connectivity index (χ1n) is 5.94. The number of aromatic nitrogens is 1. The highest BCUT2D eigenvalue weighted by atomic mass is 35.5. The van der Waals surface area contributed by atoms with E-state index in [2.05, 4.69) is 18.8 Å². The molecule has 0 unspecified atom stereocenters. The van der Waals surface area contributed by atoms with E-state index in [-0.39, 0.29) is 12.0 Å². The van der Waals surface area contributed by atoms with E-state index in [4.69, 9.17) is 16.3 Å². The van der Waals surface area contributed by atoms with Crippen LogP contribution in [0.3, 0.4) is 0 Å². The molecule has 0 atom stereocenters. The van der Waals surface area contributed by atoms with Crippen molar-refractivity contribution in [2.75, 3.05) is 0 Å². The third-order valence-corrected chi connectivity index (χ3v) is 3.55.